The van der Waals surface area contributed by atoms with Gasteiger partial charge in [0.25, 0.3) is 0 Å². The topological polar surface area (TPSA) is 0 Å². The third kappa shape index (κ3) is 3.98. The fourth-order valence-electron chi connectivity index (χ4n) is 2.79. The molecule has 106 valence electrons. The van der Waals surface area contributed by atoms with E-state index in [-0.39, 0.29) is 10.4 Å². The van der Waals surface area contributed by atoms with Gasteiger partial charge in [0.15, 0.2) is 11.6 Å². The number of hydrogen-bond acceptors (Lipinski definition) is 0. The van der Waals surface area contributed by atoms with Gasteiger partial charge in [0, 0.05) is 16.5 Å². The standard InChI is InChI=1S/C15H18BrF3/c16-12(7-6-10-4-2-1-3-5-10)11-8-14(18)15(19)9-13(11)17/h8-10,12H,1-7H2. The van der Waals surface area contributed by atoms with Crippen LogP contribution in [0.25, 0.3) is 0 Å². The highest BCUT2D eigenvalue weighted by atomic mass is 79.9. The Balaban J connectivity index is 1.95. The third-order valence-corrected chi connectivity index (χ3v) is 4.88. The molecule has 2 rings (SSSR count). The van der Waals surface area contributed by atoms with Gasteiger partial charge in [-0.25, -0.2) is 13.2 Å². The zero-order valence-corrected chi connectivity index (χ0v) is 12.4. The average Bonchev–Trinajstić information content (AvgIpc) is 2.41. The van der Waals surface area contributed by atoms with Crippen molar-refractivity contribution in [3.63, 3.8) is 0 Å². The lowest BCUT2D eigenvalue weighted by Gasteiger charge is -2.22. The van der Waals surface area contributed by atoms with Gasteiger partial charge in [-0.05, 0) is 24.8 Å². The van der Waals surface area contributed by atoms with Crippen LogP contribution in [0.2, 0.25) is 0 Å². The fraction of sp³-hybridized carbons (Fsp3) is 0.600. The van der Waals surface area contributed by atoms with Gasteiger partial charge in [0.05, 0.1) is 0 Å². The van der Waals surface area contributed by atoms with E-state index in [9.17, 15) is 13.2 Å². The Morgan fingerprint density at radius 3 is 2.32 bits per heavy atom. The molecule has 0 amide bonds. The zero-order valence-electron chi connectivity index (χ0n) is 10.8. The van der Waals surface area contributed by atoms with Crippen molar-refractivity contribution in [1.82, 2.24) is 0 Å². The van der Waals surface area contributed by atoms with Crippen LogP contribution in [0.5, 0.6) is 0 Å². The molecule has 1 aliphatic carbocycles. The Hall–Kier alpha value is -0.510. The summed E-state index contributed by atoms with van der Waals surface area (Å²) in [6.45, 7) is 0. The van der Waals surface area contributed by atoms with E-state index < -0.39 is 17.5 Å². The molecule has 0 aliphatic heterocycles. The highest BCUT2D eigenvalue weighted by Gasteiger charge is 2.19. The molecule has 0 saturated heterocycles. The van der Waals surface area contributed by atoms with E-state index in [1.807, 2.05) is 0 Å². The van der Waals surface area contributed by atoms with Crippen LogP contribution < -0.4 is 0 Å². The quantitative estimate of drug-likeness (QED) is 0.475. The van der Waals surface area contributed by atoms with Crippen molar-refractivity contribution in [2.24, 2.45) is 5.92 Å². The highest BCUT2D eigenvalue weighted by molar-refractivity contribution is 9.09. The molecule has 1 fully saturated rings. The van der Waals surface area contributed by atoms with Crippen LogP contribution in [0.15, 0.2) is 12.1 Å². The van der Waals surface area contributed by atoms with Crippen molar-refractivity contribution in [2.45, 2.75) is 49.8 Å². The first-order valence-electron chi connectivity index (χ1n) is 6.86. The molecule has 1 aromatic rings. The summed E-state index contributed by atoms with van der Waals surface area (Å²) in [5.74, 6) is -2.10. The van der Waals surface area contributed by atoms with Gasteiger partial charge in [-0.1, -0.05) is 48.0 Å². The van der Waals surface area contributed by atoms with E-state index in [0.717, 1.165) is 18.9 Å². The minimum absolute atomic E-state index is 0.217. The summed E-state index contributed by atoms with van der Waals surface area (Å²) in [5, 5.41) is 0. The summed E-state index contributed by atoms with van der Waals surface area (Å²) in [6.07, 6.45) is 8.10. The van der Waals surface area contributed by atoms with Gasteiger partial charge in [-0.15, -0.1) is 0 Å². The molecule has 1 aliphatic rings. The van der Waals surface area contributed by atoms with Crippen LogP contribution in [-0.2, 0) is 0 Å². The van der Waals surface area contributed by atoms with Gasteiger partial charge in [-0.2, -0.15) is 0 Å². The normalized spacial score (nSPS) is 18.5. The number of benzene rings is 1. The van der Waals surface area contributed by atoms with E-state index in [4.69, 9.17) is 0 Å². The molecule has 0 radical (unpaired) electrons. The maximum Gasteiger partial charge on any atom is 0.161 e. The molecule has 0 N–H and O–H groups in total. The number of alkyl halides is 1. The summed E-state index contributed by atoms with van der Waals surface area (Å²) < 4.78 is 39.6. The van der Waals surface area contributed by atoms with Crippen LogP contribution in [-0.4, -0.2) is 0 Å². The van der Waals surface area contributed by atoms with E-state index in [0.29, 0.717) is 12.0 Å². The number of rotatable bonds is 4. The van der Waals surface area contributed by atoms with Crippen LogP contribution in [0.3, 0.4) is 0 Å². The summed E-state index contributed by atoms with van der Waals surface area (Å²) in [6, 6.07) is 1.59. The van der Waals surface area contributed by atoms with E-state index >= 15 is 0 Å². The lowest BCUT2D eigenvalue weighted by Crippen LogP contribution is -2.07. The maximum atomic E-state index is 13.6. The second kappa shape index (κ2) is 6.78. The predicted octanol–water partition coefficient (Wildman–Crippen LogP) is 5.90. The van der Waals surface area contributed by atoms with Crippen LogP contribution in [0, 0.1) is 23.4 Å². The Bertz CT molecular complexity index is 428. The van der Waals surface area contributed by atoms with Crippen molar-refractivity contribution >= 4 is 15.9 Å². The van der Waals surface area contributed by atoms with Crippen molar-refractivity contribution < 1.29 is 13.2 Å². The Morgan fingerprint density at radius 1 is 1.00 bits per heavy atom. The Kier molecular flexibility index (Phi) is 5.31. The maximum absolute atomic E-state index is 13.6. The van der Waals surface area contributed by atoms with Crippen molar-refractivity contribution in [3.05, 3.63) is 35.1 Å². The van der Waals surface area contributed by atoms with Gasteiger partial charge >= 0.3 is 0 Å². The molecular weight excluding hydrogens is 317 g/mol. The molecule has 0 nitrogen and oxygen atoms in total. The lowest BCUT2D eigenvalue weighted by molar-refractivity contribution is 0.331. The van der Waals surface area contributed by atoms with Crippen LogP contribution in [0.4, 0.5) is 13.2 Å². The smallest absolute Gasteiger partial charge is 0.161 e. The van der Waals surface area contributed by atoms with Gasteiger partial charge in [0.1, 0.15) is 5.82 Å². The van der Waals surface area contributed by atoms with Crippen molar-refractivity contribution in [3.8, 4) is 0 Å². The minimum atomic E-state index is -1.13. The second-order valence-electron chi connectivity index (χ2n) is 5.34. The second-order valence-corrected chi connectivity index (χ2v) is 6.44. The molecule has 0 spiro atoms. The van der Waals surface area contributed by atoms with Crippen LogP contribution >= 0.6 is 15.9 Å². The average molecular weight is 335 g/mol. The molecule has 1 atom stereocenters. The van der Waals surface area contributed by atoms with E-state index in [1.165, 1.54) is 32.1 Å². The first-order chi connectivity index (χ1) is 9.08. The molecule has 4 heteroatoms. The summed E-state index contributed by atoms with van der Waals surface area (Å²) >= 11 is 3.39. The van der Waals surface area contributed by atoms with E-state index in [1.54, 1.807) is 0 Å². The molecule has 0 bridgehead atoms. The molecule has 1 unspecified atom stereocenters. The molecule has 1 aromatic carbocycles. The SMILES string of the molecule is Fc1cc(F)c(C(Br)CCC2CCCCC2)cc1F. The monoisotopic (exact) mass is 334 g/mol. The minimum Gasteiger partial charge on any atom is -0.207 e. The molecule has 0 heterocycles. The summed E-state index contributed by atoms with van der Waals surface area (Å²) in [7, 11) is 0. The number of hydrogen-bond donors (Lipinski definition) is 0. The Labute approximate surface area is 120 Å². The van der Waals surface area contributed by atoms with E-state index in [2.05, 4.69) is 15.9 Å². The van der Waals surface area contributed by atoms with Gasteiger partial charge in [-0.3, -0.25) is 0 Å². The fourth-order valence-corrected chi connectivity index (χ4v) is 3.41. The van der Waals surface area contributed by atoms with Crippen LogP contribution in [0.1, 0.15) is 55.3 Å². The predicted molar refractivity (Wildman–Crippen MR) is 73.8 cm³/mol. The summed E-state index contributed by atoms with van der Waals surface area (Å²) in [4.78, 5) is -0.246. The van der Waals surface area contributed by atoms with Gasteiger partial charge in [0.2, 0.25) is 0 Å². The summed E-state index contributed by atoms with van der Waals surface area (Å²) in [5.41, 5.74) is 0.217. The molecule has 1 saturated carbocycles. The lowest BCUT2D eigenvalue weighted by atomic mass is 9.85. The first kappa shape index (κ1) is 14.9. The van der Waals surface area contributed by atoms with Gasteiger partial charge < -0.3 is 0 Å². The first-order valence-corrected chi connectivity index (χ1v) is 7.78. The number of halogens is 4. The molecule has 0 aromatic heterocycles. The highest BCUT2D eigenvalue weighted by Crippen LogP contribution is 2.35. The Morgan fingerprint density at radius 2 is 1.63 bits per heavy atom. The van der Waals surface area contributed by atoms with Crippen molar-refractivity contribution in [1.29, 1.82) is 0 Å². The van der Waals surface area contributed by atoms with Crippen molar-refractivity contribution in [2.75, 3.05) is 0 Å². The largest absolute Gasteiger partial charge is 0.207 e. The molecule has 19 heavy (non-hydrogen) atoms. The molecular formula is C15H18BrF3. The third-order valence-electron chi connectivity index (χ3n) is 3.93. The zero-order chi connectivity index (χ0) is 13.8.